The second-order valence-electron chi connectivity index (χ2n) is 6.39. The molecule has 1 atom stereocenters. The summed E-state index contributed by atoms with van der Waals surface area (Å²) in [6.07, 6.45) is 9.17. The van der Waals surface area contributed by atoms with Gasteiger partial charge in [-0.05, 0) is 25.8 Å². The molecule has 0 N–H and O–H groups in total. The van der Waals surface area contributed by atoms with Gasteiger partial charge in [-0.25, -0.2) is 14.5 Å². The summed E-state index contributed by atoms with van der Waals surface area (Å²) < 4.78 is 3.71. The third kappa shape index (κ3) is 2.46. The van der Waals surface area contributed by atoms with Gasteiger partial charge in [0.2, 0.25) is 0 Å². The number of rotatable bonds is 2. The molecule has 0 aromatic carbocycles. The van der Waals surface area contributed by atoms with E-state index in [9.17, 15) is 4.79 Å². The van der Waals surface area contributed by atoms with Crippen LogP contribution in [-0.2, 0) is 7.05 Å². The number of hydrogen-bond acceptors (Lipinski definition) is 4. The summed E-state index contributed by atoms with van der Waals surface area (Å²) in [5.41, 5.74) is 2.19. The highest BCUT2D eigenvalue weighted by Gasteiger charge is 2.29. The maximum absolute atomic E-state index is 12.9. The molecule has 7 heteroatoms. The Bertz CT molecular complexity index is 896. The molecule has 7 nitrogen and oxygen atoms in total. The van der Waals surface area contributed by atoms with Crippen molar-refractivity contribution < 1.29 is 4.79 Å². The summed E-state index contributed by atoms with van der Waals surface area (Å²) in [5.74, 6) is 1.33. The highest BCUT2D eigenvalue weighted by Crippen LogP contribution is 2.27. The summed E-state index contributed by atoms with van der Waals surface area (Å²) in [7, 11) is 2.02. The van der Waals surface area contributed by atoms with Crippen LogP contribution < -0.4 is 0 Å². The first-order chi connectivity index (χ1) is 11.6. The fourth-order valence-electron chi connectivity index (χ4n) is 3.53. The molecule has 24 heavy (non-hydrogen) atoms. The van der Waals surface area contributed by atoms with E-state index in [0.717, 1.165) is 30.9 Å². The average molecular weight is 324 g/mol. The van der Waals surface area contributed by atoms with Crippen molar-refractivity contribution >= 4 is 11.6 Å². The zero-order chi connectivity index (χ0) is 16.7. The number of likely N-dealkylation sites (tertiary alicyclic amines) is 1. The first-order valence-corrected chi connectivity index (χ1v) is 8.21. The lowest BCUT2D eigenvalue weighted by atomic mass is 9.96. The molecule has 0 bridgehead atoms. The summed E-state index contributed by atoms with van der Waals surface area (Å²) >= 11 is 0. The molecular formula is C17H20N6O. The van der Waals surface area contributed by atoms with Crippen LogP contribution in [-0.4, -0.2) is 48.0 Å². The zero-order valence-corrected chi connectivity index (χ0v) is 13.9. The van der Waals surface area contributed by atoms with Crippen molar-refractivity contribution in [3.63, 3.8) is 0 Å². The van der Waals surface area contributed by atoms with Crippen LogP contribution in [0.5, 0.6) is 0 Å². The minimum atomic E-state index is -0.000619. The lowest BCUT2D eigenvalue weighted by Crippen LogP contribution is -2.39. The smallest absolute Gasteiger partial charge is 0.259 e. The molecule has 0 spiro atoms. The largest absolute Gasteiger partial charge is 0.338 e. The molecule has 1 aliphatic heterocycles. The monoisotopic (exact) mass is 324 g/mol. The third-order valence-corrected chi connectivity index (χ3v) is 4.62. The van der Waals surface area contributed by atoms with Gasteiger partial charge in [-0.3, -0.25) is 4.79 Å². The molecule has 124 valence electrons. The lowest BCUT2D eigenvalue weighted by molar-refractivity contribution is 0.0705. The van der Waals surface area contributed by atoms with E-state index in [1.165, 1.54) is 0 Å². The van der Waals surface area contributed by atoms with Gasteiger partial charge < -0.3 is 9.47 Å². The SMILES string of the molecule is Cc1cn(C)c(C2CCCN(C(=O)c3cnn4cccnc34)C2)n1. The van der Waals surface area contributed by atoms with Crippen LogP contribution in [0.15, 0.2) is 30.9 Å². The van der Waals surface area contributed by atoms with Gasteiger partial charge in [0, 0.05) is 44.6 Å². The highest BCUT2D eigenvalue weighted by atomic mass is 16.2. The number of imidazole rings is 1. The first-order valence-electron chi connectivity index (χ1n) is 8.21. The van der Waals surface area contributed by atoms with E-state index < -0.39 is 0 Å². The van der Waals surface area contributed by atoms with Gasteiger partial charge in [0.1, 0.15) is 11.4 Å². The average Bonchev–Trinajstić information content (AvgIpc) is 3.17. The van der Waals surface area contributed by atoms with Gasteiger partial charge in [-0.1, -0.05) is 0 Å². The van der Waals surface area contributed by atoms with Crippen molar-refractivity contribution in [3.05, 3.63) is 47.9 Å². The fraction of sp³-hybridized carbons (Fsp3) is 0.412. The third-order valence-electron chi connectivity index (χ3n) is 4.62. The van der Waals surface area contributed by atoms with Crippen LogP contribution >= 0.6 is 0 Å². The Morgan fingerprint density at radius 3 is 3.04 bits per heavy atom. The number of carbonyl (C=O) groups is 1. The van der Waals surface area contributed by atoms with Crippen LogP contribution in [0, 0.1) is 6.92 Å². The van der Waals surface area contributed by atoms with Crippen molar-refractivity contribution in [1.29, 1.82) is 0 Å². The summed E-state index contributed by atoms with van der Waals surface area (Å²) in [4.78, 5) is 23.8. The molecule has 4 rings (SSSR count). The van der Waals surface area contributed by atoms with Crippen LogP contribution in [0.1, 0.15) is 40.6 Å². The van der Waals surface area contributed by atoms with Crippen molar-refractivity contribution in [1.82, 2.24) is 29.0 Å². The Labute approximate surface area is 139 Å². The predicted molar refractivity (Wildman–Crippen MR) is 88.8 cm³/mol. The Kier molecular flexibility index (Phi) is 3.55. The number of nitrogens with zero attached hydrogens (tertiary/aromatic N) is 6. The number of hydrogen-bond donors (Lipinski definition) is 0. The van der Waals surface area contributed by atoms with Gasteiger partial charge in [0.15, 0.2) is 5.65 Å². The van der Waals surface area contributed by atoms with E-state index in [2.05, 4.69) is 19.6 Å². The molecule has 0 aliphatic carbocycles. The summed E-state index contributed by atoms with van der Waals surface area (Å²) in [6, 6.07) is 1.80. The minimum absolute atomic E-state index is 0.000619. The molecule has 3 aromatic rings. The second kappa shape index (κ2) is 5.74. The van der Waals surface area contributed by atoms with Crippen molar-refractivity contribution in [3.8, 4) is 0 Å². The quantitative estimate of drug-likeness (QED) is 0.721. The van der Waals surface area contributed by atoms with Gasteiger partial charge in [-0.15, -0.1) is 0 Å². The number of piperidine rings is 1. The highest BCUT2D eigenvalue weighted by molar-refractivity contribution is 5.99. The Morgan fingerprint density at radius 1 is 1.38 bits per heavy atom. The standard InChI is InChI=1S/C17H20N6O/c1-12-10-21(2)15(20-12)13-5-3-7-22(11-13)17(24)14-9-19-23-8-4-6-18-16(14)23/h4,6,8-10,13H,3,5,7,11H2,1-2H3. The van der Waals surface area contributed by atoms with Crippen LogP contribution in [0.25, 0.3) is 5.65 Å². The maximum Gasteiger partial charge on any atom is 0.259 e. The fourth-order valence-corrected chi connectivity index (χ4v) is 3.53. The first kappa shape index (κ1) is 14.9. The van der Waals surface area contributed by atoms with Crippen molar-refractivity contribution in [2.45, 2.75) is 25.7 Å². The van der Waals surface area contributed by atoms with Crippen LogP contribution in [0.2, 0.25) is 0 Å². The lowest BCUT2D eigenvalue weighted by Gasteiger charge is -2.32. The summed E-state index contributed by atoms with van der Waals surface area (Å²) in [6.45, 7) is 3.45. The molecule has 1 aliphatic rings. The molecular weight excluding hydrogens is 304 g/mol. The topological polar surface area (TPSA) is 68.3 Å². The normalized spacial score (nSPS) is 18.2. The molecule has 3 aromatic heterocycles. The van der Waals surface area contributed by atoms with Crippen LogP contribution in [0.4, 0.5) is 0 Å². The number of fused-ring (bicyclic) bond motifs is 1. The zero-order valence-electron chi connectivity index (χ0n) is 13.9. The van der Waals surface area contributed by atoms with Crippen LogP contribution in [0.3, 0.4) is 0 Å². The Balaban J connectivity index is 1.60. The number of amides is 1. The Morgan fingerprint density at radius 2 is 2.25 bits per heavy atom. The maximum atomic E-state index is 12.9. The van der Waals surface area contributed by atoms with Crippen molar-refractivity contribution in [2.75, 3.05) is 13.1 Å². The molecule has 1 fully saturated rings. The molecule has 0 saturated carbocycles. The molecule has 1 unspecified atom stereocenters. The van der Waals surface area contributed by atoms with E-state index in [-0.39, 0.29) is 11.8 Å². The van der Waals surface area contributed by atoms with E-state index in [4.69, 9.17) is 0 Å². The molecule has 1 amide bonds. The van der Waals surface area contributed by atoms with Gasteiger partial charge in [-0.2, -0.15) is 5.10 Å². The number of aryl methyl sites for hydroxylation is 2. The molecule has 0 radical (unpaired) electrons. The van der Waals surface area contributed by atoms with Gasteiger partial charge >= 0.3 is 0 Å². The minimum Gasteiger partial charge on any atom is -0.338 e. The van der Waals surface area contributed by atoms with Gasteiger partial charge in [0.25, 0.3) is 5.91 Å². The van der Waals surface area contributed by atoms with E-state index in [0.29, 0.717) is 17.8 Å². The van der Waals surface area contributed by atoms with E-state index in [1.807, 2.05) is 25.1 Å². The molecule has 4 heterocycles. The predicted octanol–water partition coefficient (Wildman–Crippen LogP) is 1.79. The van der Waals surface area contributed by atoms with E-state index in [1.54, 1.807) is 29.2 Å². The number of aromatic nitrogens is 5. The molecule has 1 saturated heterocycles. The van der Waals surface area contributed by atoms with E-state index >= 15 is 0 Å². The summed E-state index contributed by atoms with van der Waals surface area (Å²) in [5, 5.41) is 4.22. The second-order valence-corrected chi connectivity index (χ2v) is 6.39. The number of carbonyl (C=O) groups excluding carboxylic acids is 1. The van der Waals surface area contributed by atoms with Gasteiger partial charge in [0.05, 0.1) is 11.9 Å². The Hall–Kier alpha value is -2.70. The van der Waals surface area contributed by atoms with Crippen molar-refractivity contribution in [2.24, 2.45) is 7.05 Å².